The lowest BCUT2D eigenvalue weighted by Crippen LogP contribution is -2.63. The highest BCUT2D eigenvalue weighted by Gasteiger charge is 2.41. The molecule has 0 aromatic heterocycles. The van der Waals surface area contributed by atoms with Gasteiger partial charge < -0.3 is 4.90 Å². The number of rotatable bonds is 1. The van der Waals surface area contributed by atoms with Crippen molar-refractivity contribution in [1.29, 1.82) is 0 Å². The first-order chi connectivity index (χ1) is 14.7. The monoisotopic (exact) mass is 383 g/mol. The van der Waals surface area contributed by atoms with Crippen molar-refractivity contribution in [3.8, 4) is 0 Å². The van der Waals surface area contributed by atoms with Crippen LogP contribution in [0.1, 0.15) is 11.1 Å². The van der Waals surface area contributed by atoms with E-state index in [4.69, 9.17) is 0 Å². The molecule has 1 nitrogen and oxygen atoms in total. The zero-order chi connectivity index (χ0) is 20.4. The number of para-hydroxylation sites is 3. The van der Waals surface area contributed by atoms with E-state index >= 15 is 0 Å². The van der Waals surface area contributed by atoms with Crippen molar-refractivity contribution >= 4 is 57.8 Å². The zero-order valence-corrected chi connectivity index (χ0v) is 17.7. The summed E-state index contributed by atoms with van der Waals surface area (Å²) >= 11 is 0. The van der Waals surface area contributed by atoms with Crippen LogP contribution in [0.3, 0.4) is 0 Å². The van der Waals surface area contributed by atoms with Crippen molar-refractivity contribution in [3.63, 3.8) is 0 Å². The number of benzene rings is 4. The second kappa shape index (κ2) is 6.40. The summed E-state index contributed by atoms with van der Waals surface area (Å²) in [6.07, 6.45) is 0. The van der Waals surface area contributed by atoms with Gasteiger partial charge in [-0.2, -0.15) is 0 Å². The van der Waals surface area contributed by atoms with Crippen LogP contribution in [0, 0.1) is 13.8 Å². The number of aryl methyl sites for hydroxylation is 2. The SMILES string of the molecule is CB1c2ccccc2N2c3ccccc3B(c3c(C)cccc3C)c3cccc1c32. The molecule has 0 atom stereocenters. The molecule has 0 saturated heterocycles. The number of anilines is 3. The minimum atomic E-state index is 0.256. The fraction of sp³-hybridized carbons (Fsp3) is 0.111. The van der Waals surface area contributed by atoms with Crippen LogP contribution in [-0.4, -0.2) is 13.4 Å². The predicted molar refractivity (Wildman–Crippen MR) is 133 cm³/mol. The van der Waals surface area contributed by atoms with Crippen LogP contribution in [0.5, 0.6) is 0 Å². The van der Waals surface area contributed by atoms with Gasteiger partial charge >= 0.3 is 0 Å². The van der Waals surface area contributed by atoms with Crippen molar-refractivity contribution in [2.45, 2.75) is 20.7 Å². The largest absolute Gasteiger partial charge is 0.313 e. The zero-order valence-electron chi connectivity index (χ0n) is 17.7. The molecule has 2 aliphatic heterocycles. The summed E-state index contributed by atoms with van der Waals surface area (Å²) in [7, 11) is 0. The van der Waals surface area contributed by atoms with Crippen molar-refractivity contribution in [2.24, 2.45) is 0 Å². The lowest BCUT2D eigenvalue weighted by atomic mass is 9.31. The molecule has 142 valence electrons. The summed E-state index contributed by atoms with van der Waals surface area (Å²) in [5.41, 5.74) is 13.8. The smallest absolute Gasteiger partial charge is 0.247 e. The maximum atomic E-state index is 2.51. The normalized spacial score (nSPS) is 13.6. The summed E-state index contributed by atoms with van der Waals surface area (Å²) in [6.45, 7) is 7.50. The molecule has 2 heterocycles. The minimum Gasteiger partial charge on any atom is -0.313 e. The minimum absolute atomic E-state index is 0.256. The summed E-state index contributed by atoms with van der Waals surface area (Å²) in [4.78, 5) is 2.51. The molecule has 0 bridgehead atoms. The van der Waals surface area contributed by atoms with Gasteiger partial charge in [0, 0.05) is 17.1 Å². The molecule has 0 radical (unpaired) electrons. The Hall–Kier alpha value is -3.19. The quantitative estimate of drug-likeness (QED) is 0.402. The van der Waals surface area contributed by atoms with E-state index in [0.29, 0.717) is 6.71 Å². The van der Waals surface area contributed by atoms with Crippen LogP contribution in [-0.2, 0) is 0 Å². The second-order valence-electron chi connectivity index (χ2n) is 8.70. The molecule has 0 amide bonds. The topological polar surface area (TPSA) is 3.24 Å². The van der Waals surface area contributed by atoms with Crippen molar-refractivity contribution in [2.75, 3.05) is 4.90 Å². The van der Waals surface area contributed by atoms with Crippen LogP contribution in [0.25, 0.3) is 0 Å². The highest BCUT2D eigenvalue weighted by atomic mass is 15.2. The average Bonchev–Trinajstić information content (AvgIpc) is 2.77. The van der Waals surface area contributed by atoms with E-state index in [1.54, 1.807) is 0 Å². The third-order valence-corrected chi connectivity index (χ3v) is 7.06. The van der Waals surface area contributed by atoms with Crippen molar-refractivity contribution in [1.82, 2.24) is 0 Å². The van der Waals surface area contributed by atoms with Gasteiger partial charge in [0.1, 0.15) is 0 Å². The summed E-state index contributed by atoms with van der Waals surface area (Å²) in [5.74, 6) is 0. The van der Waals surface area contributed by atoms with Crippen LogP contribution in [0.2, 0.25) is 6.82 Å². The molecular formula is C27H23B2N. The second-order valence-corrected chi connectivity index (χ2v) is 8.70. The van der Waals surface area contributed by atoms with Gasteiger partial charge in [0.25, 0.3) is 0 Å². The number of fused-ring (bicyclic) bond motifs is 4. The molecule has 0 saturated carbocycles. The van der Waals surface area contributed by atoms with Crippen LogP contribution < -0.4 is 32.2 Å². The summed E-state index contributed by atoms with van der Waals surface area (Å²) < 4.78 is 0. The Bertz CT molecular complexity index is 1290. The number of nitrogens with zero attached hydrogens (tertiary/aromatic N) is 1. The predicted octanol–water partition coefficient (Wildman–Crippen LogP) is 3.16. The summed E-state index contributed by atoms with van der Waals surface area (Å²) in [5, 5.41) is 0. The Balaban J connectivity index is 1.74. The lowest BCUT2D eigenvalue weighted by molar-refractivity contribution is 1.30. The molecule has 0 fully saturated rings. The molecular weight excluding hydrogens is 360 g/mol. The molecule has 2 aliphatic rings. The van der Waals surface area contributed by atoms with Crippen LogP contribution >= 0.6 is 0 Å². The number of hydrogen-bond acceptors (Lipinski definition) is 1. The molecule has 3 heteroatoms. The van der Waals surface area contributed by atoms with Gasteiger partial charge in [-0.3, -0.25) is 0 Å². The van der Waals surface area contributed by atoms with E-state index in [0.717, 1.165) is 0 Å². The maximum Gasteiger partial charge on any atom is 0.247 e. The van der Waals surface area contributed by atoms with Gasteiger partial charge in [0.2, 0.25) is 13.4 Å². The summed E-state index contributed by atoms with van der Waals surface area (Å²) in [6, 6.07) is 31.5. The standard InChI is InChI=1S/C27H23B2N/c1-18-10-8-11-19(2)26(18)29-21-13-5-7-17-25(21)30-24-16-6-4-12-20(24)28(3)22-14-9-15-23(29)27(22)30/h4-17H,1-3H3. The molecule has 0 aliphatic carbocycles. The van der Waals surface area contributed by atoms with E-state index in [1.165, 1.54) is 55.5 Å². The Kier molecular flexibility index (Phi) is 3.77. The van der Waals surface area contributed by atoms with Crippen LogP contribution in [0.15, 0.2) is 84.9 Å². The Morgan fingerprint density at radius 3 is 1.83 bits per heavy atom. The first-order valence-electron chi connectivity index (χ1n) is 10.8. The fourth-order valence-corrected chi connectivity index (χ4v) is 5.71. The molecule has 4 aromatic rings. The molecule has 0 N–H and O–H groups in total. The molecule has 6 rings (SSSR count). The van der Waals surface area contributed by atoms with Gasteiger partial charge in [-0.05, 0) is 36.9 Å². The van der Waals surface area contributed by atoms with Gasteiger partial charge in [-0.25, -0.2) is 0 Å². The highest BCUT2D eigenvalue weighted by molar-refractivity contribution is 7.00. The highest BCUT2D eigenvalue weighted by Crippen LogP contribution is 2.37. The van der Waals surface area contributed by atoms with E-state index < -0.39 is 0 Å². The van der Waals surface area contributed by atoms with Gasteiger partial charge in [-0.15, -0.1) is 0 Å². The molecule has 0 spiro atoms. The van der Waals surface area contributed by atoms with E-state index in [1.807, 2.05) is 0 Å². The van der Waals surface area contributed by atoms with E-state index in [-0.39, 0.29) is 6.71 Å². The Labute approximate surface area is 179 Å². The number of hydrogen-bond donors (Lipinski definition) is 0. The van der Waals surface area contributed by atoms with Crippen LogP contribution in [0.4, 0.5) is 17.1 Å². The van der Waals surface area contributed by atoms with Crippen molar-refractivity contribution in [3.05, 3.63) is 96.1 Å². The van der Waals surface area contributed by atoms with Gasteiger partial charge in [0.15, 0.2) is 0 Å². The average molecular weight is 383 g/mol. The lowest BCUT2D eigenvalue weighted by Gasteiger charge is -2.43. The van der Waals surface area contributed by atoms with E-state index in [2.05, 4.69) is 110 Å². The van der Waals surface area contributed by atoms with Crippen molar-refractivity contribution < 1.29 is 0 Å². The Morgan fingerprint density at radius 2 is 1.10 bits per heavy atom. The first kappa shape index (κ1) is 17.6. The maximum absolute atomic E-state index is 2.51. The Morgan fingerprint density at radius 1 is 0.567 bits per heavy atom. The third-order valence-electron chi connectivity index (χ3n) is 7.06. The molecule has 4 aromatic carbocycles. The fourth-order valence-electron chi connectivity index (χ4n) is 5.71. The molecule has 30 heavy (non-hydrogen) atoms. The third kappa shape index (κ3) is 2.26. The van der Waals surface area contributed by atoms with Gasteiger partial charge in [-0.1, -0.05) is 107 Å². The van der Waals surface area contributed by atoms with E-state index in [9.17, 15) is 0 Å². The molecule has 0 unspecified atom stereocenters. The van der Waals surface area contributed by atoms with Gasteiger partial charge in [0.05, 0.1) is 0 Å². The first-order valence-corrected chi connectivity index (χ1v) is 10.8.